The number of rotatable bonds is 5. The first-order valence-corrected chi connectivity index (χ1v) is 5.75. The molecule has 4 nitrogen and oxygen atoms in total. The molecule has 0 radical (unpaired) electrons. The van der Waals surface area contributed by atoms with Crippen molar-refractivity contribution in [2.45, 2.75) is 25.6 Å². The Kier molecular flexibility index (Phi) is 5.62. The number of halogens is 5. The molecular formula is C12H11F5O4. The average molecular weight is 314 g/mol. The van der Waals surface area contributed by atoms with Gasteiger partial charge in [-0.25, -0.2) is 22.0 Å². The largest absolute Gasteiger partial charge is 0.466 e. The Morgan fingerprint density at radius 2 is 1.43 bits per heavy atom. The van der Waals surface area contributed by atoms with Crippen LogP contribution in [0, 0.1) is 29.1 Å². The number of ether oxygens (including phenoxy) is 1. The van der Waals surface area contributed by atoms with Gasteiger partial charge in [-0.2, -0.15) is 0 Å². The summed E-state index contributed by atoms with van der Waals surface area (Å²) in [6.45, 7) is 1.40. The molecule has 0 saturated carbocycles. The molecule has 118 valence electrons. The molecule has 2 unspecified atom stereocenters. The standard InChI is InChI=1S/C12H11F5O4/c1-2-21-5(19)3-4(18)12(20)6-7(13)9(15)11(17)10(16)8(6)14/h4,12,18,20H,2-3H2,1H3. The van der Waals surface area contributed by atoms with Crippen molar-refractivity contribution in [3.8, 4) is 0 Å². The summed E-state index contributed by atoms with van der Waals surface area (Å²) in [5, 5.41) is 19.0. The first-order valence-electron chi connectivity index (χ1n) is 5.75. The van der Waals surface area contributed by atoms with Crippen molar-refractivity contribution in [2.75, 3.05) is 6.61 Å². The molecular weight excluding hydrogens is 303 g/mol. The van der Waals surface area contributed by atoms with E-state index in [-0.39, 0.29) is 6.61 Å². The molecule has 1 aromatic carbocycles. The summed E-state index contributed by atoms with van der Waals surface area (Å²) >= 11 is 0. The number of esters is 1. The Bertz CT molecular complexity index is 520. The Labute approximate surface area is 115 Å². The van der Waals surface area contributed by atoms with E-state index in [2.05, 4.69) is 4.74 Å². The van der Waals surface area contributed by atoms with Gasteiger partial charge in [-0.15, -0.1) is 0 Å². The summed E-state index contributed by atoms with van der Waals surface area (Å²) < 4.78 is 70.0. The van der Waals surface area contributed by atoms with E-state index in [9.17, 15) is 37.0 Å². The monoisotopic (exact) mass is 314 g/mol. The smallest absolute Gasteiger partial charge is 0.308 e. The number of aliphatic hydroxyl groups excluding tert-OH is 2. The minimum absolute atomic E-state index is 0.0514. The number of carbonyl (C=O) groups is 1. The predicted molar refractivity (Wildman–Crippen MR) is 58.4 cm³/mol. The molecule has 9 heteroatoms. The number of benzene rings is 1. The Balaban J connectivity index is 3.13. The summed E-state index contributed by atoms with van der Waals surface area (Å²) in [7, 11) is 0. The first-order chi connectivity index (χ1) is 9.72. The van der Waals surface area contributed by atoms with Crippen molar-refractivity contribution >= 4 is 5.97 Å². The summed E-state index contributed by atoms with van der Waals surface area (Å²) in [6.07, 6.45) is -5.47. The van der Waals surface area contributed by atoms with Crippen molar-refractivity contribution in [2.24, 2.45) is 0 Å². The van der Waals surface area contributed by atoms with Crippen molar-refractivity contribution in [3.05, 3.63) is 34.6 Å². The molecule has 0 saturated heterocycles. The van der Waals surface area contributed by atoms with E-state index in [4.69, 9.17) is 0 Å². The second-order valence-electron chi connectivity index (χ2n) is 4.00. The van der Waals surface area contributed by atoms with E-state index in [1.165, 1.54) is 6.92 Å². The van der Waals surface area contributed by atoms with E-state index in [0.717, 1.165) is 0 Å². The van der Waals surface area contributed by atoms with Crippen LogP contribution in [0.5, 0.6) is 0 Å². The molecule has 1 aromatic rings. The van der Waals surface area contributed by atoms with Crippen molar-refractivity contribution in [1.82, 2.24) is 0 Å². The molecule has 0 fully saturated rings. The van der Waals surface area contributed by atoms with Gasteiger partial charge in [0.15, 0.2) is 23.3 Å². The van der Waals surface area contributed by atoms with Crippen LogP contribution < -0.4 is 0 Å². The predicted octanol–water partition coefficient (Wildman–Crippen LogP) is 1.73. The van der Waals surface area contributed by atoms with Gasteiger partial charge < -0.3 is 14.9 Å². The fraction of sp³-hybridized carbons (Fsp3) is 0.417. The van der Waals surface area contributed by atoms with Gasteiger partial charge in [-0.3, -0.25) is 4.79 Å². The average Bonchev–Trinajstić information content (AvgIpc) is 2.43. The SMILES string of the molecule is CCOC(=O)CC(O)C(O)c1c(F)c(F)c(F)c(F)c1F. The number of aliphatic hydroxyl groups is 2. The Morgan fingerprint density at radius 3 is 1.86 bits per heavy atom. The van der Waals surface area contributed by atoms with Crippen molar-refractivity contribution in [3.63, 3.8) is 0 Å². The van der Waals surface area contributed by atoms with Gasteiger partial charge in [0.05, 0.1) is 24.7 Å². The molecule has 2 N–H and O–H groups in total. The molecule has 2 atom stereocenters. The Hall–Kier alpha value is -1.74. The molecule has 0 aromatic heterocycles. The van der Waals surface area contributed by atoms with Crippen LogP contribution in [0.15, 0.2) is 0 Å². The highest BCUT2D eigenvalue weighted by atomic mass is 19.2. The summed E-state index contributed by atoms with van der Waals surface area (Å²) in [5.41, 5.74) is -1.61. The van der Waals surface area contributed by atoms with Gasteiger partial charge >= 0.3 is 5.97 Å². The van der Waals surface area contributed by atoms with Crippen molar-refractivity contribution < 1.29 is 41.7 Å². The molecule has 1 rings (SSSR count). The fourth-order valence-electron chi connectivity index (χ4n) is 1.58. The third-order valence-electron chi connectivity index (χ3n) is 2.59. The zero-order chi connectivity index (χ0) is 16.3. The second-order valence-corrected chi connectivity index (χ2v) is 4.00. The molecule has 0 aliphatic heterocycles. The minimum atomic E-state index is -2.49. The van der Waals surface area contributed by atoms with Crippen molar-refractivity contribution in [1.29, 1.82) is 0 Å². The molecule has 0 aliphatic carbocycles. The zero-order valence-corrected chi connectivity index (χ0v) is 10.7. The first kappa shape index (κ1) is 17.3. The molecule has 0 spiro atoms. The van der Waals surface area contributed by atoms with Crippen LogP contribution in [0.3, 0.4) is 0 Å². The van der Waals surface area contributed by atoms with Gasteiger partial charge in [0.2, 0.25) is 5.82 Å². The minimum Gasteiger partial charge on any atom is -0.466 e. The summed E-state index contributed by atoms with van der Waals surface area (Å²) in [5.74, 6) is -12.5. The van der Waals surface area contributed by atoms with Gasteiger partial charge in [0.25, 0.3) is 0 Å². The maximum atomic E-state index is 13.4. The van der Waals surface area contributed by atoms with E-state index in [1.54, 1.807) is 0 Å². The van der Waals surface area contributed by atoms with E-state index in [1.807, 2.05) is 0 Å². The quantitative estimate of drug-likeness (QED) is 0.376. The van der Waals surface area contributed by atoms with Gasteiger partial charge in [-0.1, -0.05) is 0 Å². The number of carbonyl (C=O) groups excluding carboxylic acids is 1. The fourth-order valence-corrected chi connectivity index (χ4v) is 1.58. The normalized spacial score (nSPS) is 13.9. The van der Waals surface area contributed by atoms with Gasteiger partial charge in [0.1, 0.15) is 6.10 Å². The highest BCUT2D eigenvalue weighted by Crippen LogP contribution is 2.30. The maximum Gasteiger partial charge on any atom is 0.308 e. The summed E-state index contributed by atoms with van der Waals surface area (Å²) in [4.78, 5) is 11.1. The number of hydrogen-bond acceptors (Lipinski definition) is 4. The van der Waals surface area contributed by atoms with E-state index < -0.39 is 59.2 Å². The lowest BCUT2D eigenvalue weighted by atomic mass is 10.00. The van der Waals surface area contributed by atoms with Gasteiger partial charge in [-0.05, 0) is 6.92 Å². The highest BCUT2D eigenvalue weighted by Gasteiger charge is 2.33. The third kappa shape index (κ3) is 3.48. The molecule has 21 heavy (non-hydrogen) atoms. The van der Waals surface area contributed by atoms with Crippen LogP contribution in [-0.4, -0.2) is 28.9 Å². The zero-order valence-electron chi connectivity index (χ0n) is 10.7. The molecule has 0 amide bonds. The lowest BCUT2D eigenvalue weighted by Gasteiger charge is -2.19. The van der Waals surface area contributed by atoms with Crippen LogP contribution in [-0.2, 0) is 9.53 Å². The maximum absolute atomic E-state index is 13.4. The van der Waals surface area contributed by atoms with Crippen LogP contribution in [0.4, 0.5) is 22.0 Å². The molecule has 0 aliphatic rings. The second kappa shape index (κ2) is 6.81. The topological polar surface area (TPSA) is 66.8 Å². The van der Waals surface area contributed by atoms with Crippen LogP contribution >= 0.6 is 0 Å². The third-order valence-corrected chi connectivity index (χ3v) is 2.59. The highest BCUT2D eigenvalue weighted by molar-refractivity contribution is 5.70. The van der Waals surface area contributed by atoms with E-state index >= 15 is 0 Å². The van der Waals surface area contributed by atoms with Crippen LogP contribution in [0.25, 0.3) is 0 Å². The van der Waals surface area contributed by atoms with E-state index in [0.29, 0.717) is 0 Å². The lowest BCUT2D eigenvalue weighted by Crippen LogP contribution is -2.26. The lowest BCUT2D eigenvalue weighted by molar-refractivity contribution is -0.147. The number of hydrogen-bond donors (Lipinski definition) is 2. The van der Waals surface area contributed by atoms with Gasteiger partial charge in [0, 0.05) is 0 Å². The van der Waals surface area contributed by atoms with Crippen LogP contribution in [0.1, 0.15) is 25.0 Å². The van der Waals surface area contributed by atoms with Crippen LogP contribution in [0.2, 0.25) is 0 Å². The Morgan fingerprint density at radius 1 is 1.00 bits per heavy atom. The molecule has 0 heterocycles. The molecule has 0 bridgehead atoms. The summed E-state index contributed by atoms with van der Waals surface area (Å²) in [6, 6.07) is 0.